The molecule has 0 heterocycles. The Hall–Kier alpha value is -0.580. The maximum absolute atomic E-state index is 12.5. The molecule has 0 unspecified atom stereocenters. The molecule has 5 heteroatoms. The molecule has 1 N–H and O–H groups in total. The number of rotatable bonds is 5. The number of hydrogen-bond acceptors (Lipinski definition) is 2. The van der Waals surface area contributed by atoms with E-state index in [0.29, 0.717) is 29.6 Å². The van der Waals surface area contributed by atoms with E-state index in [0.717, 1.165) is 17.3 Å². The van der Waals surface area contributed by atoms with Gasteiger partial charge in [0.15, 0.2) is 0 Å². The van der Waals surface area contributed by atoms with Gasteiger partial charge in [0.1, 0.15) is 0 Å². The number of aliphatic hydroxyl groups is 1. The van der Waals surface area contributed by atoms with E-state index in [4.69, 9.17) is 16.7 Å². The van der Waals surface area contributed by atoms with Crippen LogP contribution < -0.4 is 0 Å². The van der Waals surface area contributed by atoms with Crippen molar-refractivity contribution >= 4 is 33.4 Å². The summed E-state index contributed by atoms with van der Waals surface area (Å²) in [6.45, 7) is 0.714. The third-order valence-corrected chi connectivity index (χ3v) is 4.73. The fourth-order valence-electron chi connectivity index (χ4n) is 2.18. The van der Waals surface area contributed by atoms with E-state index in [1.54, 1.807) is 18.2 Å². The summed E-state index contributed by atoms with van der Waals surface area (Å²) in [5.41, 5.74) is 0.609. The van der Waals surface area contributed by atoms with Crippen LogP contribution in [0.2, 0.25) is 5.02 Å². The smallest absolute Gasteiger partial charge is 0.254 e. The van der Waals surface area contributed by atoms with Crippen LogP contribution in [0, 0.1) is 0 Å². The lowest BCUT2D eigenvalue weighted by atomic mass is 9.90. The van der Waals surface area contributed by atoms with Gasteiger partial charge in [0.25, 0.3) is 5.91 Å². The lowest BCUT2D eigenvalue weighted by Crippen LogP contribution is -2.45. The van der Waals surface area contributed by atoms with Crippen LogP contribution in [0.15, 0.2) is 22.7 Å². The van der Waals surface area contributed by atoms with Gasteiger partial charge in [-0.2, -0.15) is 0 Å². The number of carbonyl (C=O) groups is 1. The van der Waals surface area contributed by atoms with Crippen LogP contribution in [0.5, 0.6) is 0 Å². The Balaban J connectivity index is 2.15. The zero-order valence-electron chi connectivity index (χ0n) is 10.6. The van der Waals surface area contributed by atoms with Crippen molar-refractivity contribution in [1.82, 2.24) is 4.90 Å². The van der Waals surface area contributed by atoms with Crippen LogP contribution in [0.3, 0.4) is 0 Å². The van der Waals surface area contributed by atoms with Gasteiger partial charge in [-0.25, -0.2) is 0 Å². The molecule has 0 aromatic heterocycles. The average molecular weight is 347 g/mol. The molecule has 1 amide bonds. The van der Waals surface area contributed by atoms with Crippen LogP contribution >= 0.6 is 27.5 Å². The molecule has 3 nitrogen and oxygen atoms in total. The molecule has 0 saturated heterocycles. The Labute approximate surface area is 126 Å². The highest BCUT2D eigenvalue weighted by Gasteiger charge is 2.29. The zero-order valence-corrected chi connectivity index (χ0v) is 13.0. The van der Waals surface area contributed by atoms with Crippen molar-refractivity contribution in [3.63, 3.8) is 0 Å². The Kier molecular flexibility index (Phi) is 5.25. The van der Waals surface area contributed by atoms with Gasteiger partial charge in [0.05, 0.1) is 5.02 Å². The molecule has 1 aliphatic rings. The molecule has 19 heavy (non-hydrogen) atoms. The van der Waals surface area contributed by atoms with Crippen molar-refractivity contribution in [2.75, 3.05) is 13.2 Å². The predicted octanol–water partition coefficient (Wildman–Crippen LogP) is 3.48. The molecule has 104 valence electrons. The summed E-state index contributed by atoms with van der Waals surface area (Å²) in [5, 5.41) is 9.50. The van der Waals surface area contributed by atoms with Gasteiger partial charge in [-0.05, 0) is 59.8 Å². The molecule has 0 radical (unpaired) electrons. The number of amides is 1. The largest absolute Gasteiger partial charge is 0.396 e. The first-order valence-electron chi connectivity index (χ1n) is 6.50. The van der Waals surface area contributed by atoms with Crippen LogP contribution in [0.25, 0.3) is 0 Å². The fourth-order valence-corrected chi connectivity index (χ4v) is 2.61. The zero-order chi connectivity index (χ0) is 13.8. The summed E-state index contributed by atoms with van der Waals surface area (Å²) in [7, 11) is 0. The predicted molar refractivity (Wildman–Crippen MR) is 79.5 cm³/mol. The summed E-state index contributed by atoms with van der Waals surface area (Å²) >= 11 is 9.36. The first kappa shape index (κ1) is 14.8. The Bertz CT molecular complexity index is 463. The number of hydrogen-bond donors (Lipinski definition) is 1. The summed E-state index contributed by atoms with van der Waals surface area (Å²) < 4.78 is 0.788. The lowest BCUT2D eigenvalue weighted by molar-refractivity contribution is 0.0562. The molecule has 1 fully saturated rings. The quantitative estimate of drug-likeness (QED) is 0.887. The summed E-state index contributed by atoms with van der Waals surface area (Å²) in [6.07, 6.45) is 3.91. The Morgan fingerprint density at radius 2 is 2.21 bits per heavy atom. The first-order valence-corrected chi connectivity index (χ1v) is 7.67. The molecular weight excluding hydrogens is 330 g/mol. The summed E-state index contributed by atoms with van der Waals surface area (Å²) in [5.74, 6) is 0.00699. The average Bonchev–Trinajstić information content (AvgIpc) is 2.34. The number of benzene rings is 1. The van der Waals surface area contributed by atoms with Crippen molar-refractivity contribution < 1.29 is 9.90 Å². The van der Waals surface area contributed by atoms with Gasteiger partial charge in [0, 0.05) is 29.2 Å². The number of nitrogens with zero attached hydrogens (tertiary/aromatic N) is 1. The molecule has 1 aromatic carbocycles. The third-order valence-electron chi connectivity index (χ3n) is 3.50. The minimum atomic E-state index is 0.00699. The molecule has 0 atom stereocenters. The minimum Gasteiger partial charge on any atom is -0.396 e. The first-order chi connectivity index (χ1) is 9.13. The van der Waals surface area contributed by atoms with E-state index >= 15 is 0 Å². The van der Waals surface area contributed by atoms with Gasteiger partial charge in [-0.15, -0.1) is 0 Å². The van der Waals surface area contributed by atoms with Crippen molar-refractivity contribution in [2.45, 2.75) is 31.7 Å². The number of halogens is 2. The van der Waals surface area contributed by atoms with E-state index in [1.165, 1.54) is 6.42 Å². The molecule has 0 bridgehead atoms. The molecule has 0 spiro atoms. The topological polar surface area (TPSA) is 40.5 Å². The third kappa shape index (κ3) is 3.50. The maximum Gasteiger partial charge on any atom is 0.254 e. The lowest BCUT2D eigenvalue weighted by Gasteiger charge is -2.37. The number of aliphatic hydroxyl groups excluding tert-OH is 1. The van der Waals surface area contributed by atoms with Crippen LogP contribution in [-0.2, 0) is 0 Å². The molecule has 0 aliphatic heterocycles. The highest BCUT2D eigenvalue weighted by molar-refractivity contribution is 9.10. The molecule has 1 aromatic rings. The second-order valence-electron chi connectivity index (χ2n) is 4.79. The molecular formula is C14H17BrClNO2. The van der Waals surface area contributed by atoms with Gasteiger partial charge in [-0.3, -0.25) is 4.79 Å². The summed E-state index contributed by atoms with van der Waals surface area (Å²) in [4.78, 5) is 14.4. The number of carbonyl (C=O) groups excluding carboxylic acids is 1. The molecule has 1 saturated carbocycles. The SMILES string of the molecule is O=C(c1ccc(Br)c(Cl)c1)N(CCCO)C1CCC1. The highest BCUT2D eigenvalue weighted by atomic mass is 79.9. The van der Waals surface area contributed by atoms with Gasteiger partial charge in [0.2, 0.25) is 0 Å². The van der Waals surface area contributed by atoms with E-state index in [2.05, 4.69) is 15.9 Å². The Morgan fingerprint density at radius 3 is 2.74 bits per heavy atom. The van der Waals surface area contributed by atoms with Crippen LogP contribution in [0.4, 0.5) is 0 Å². The standard InChI is InChI=1S/C14H17BrClNO2/c15-12-6-5-10(9-13(12)16)14(19)17(7-2-8-18)11-3-1-4-11/h5-6,9,11,18H,1-4,7-8H2. The van der Waals surface area contributed by atoms with Gasteiger partial charge >= 0.3 is 0 Å². The highest BCUT2D eigenvalue weighted by Crippen LogP contribution is 2.28. The van der Waals surface area contributed by atoms with Gasteiger partial charge < -0.3 is 10.0 Å². The van der Waals surface area contributed by atoms with E-state index < -0.39 is 0 Å². The van der Waals surface area contributed by atoms with Crippen molar-refractivity contribution in [2.24, 2.45) is 0 Å². The van der Waals surface area contributed by atoms with Crippen molar-refractivity contribution in [3.8, 4) is 0 Å². The van der Waals surface area contributed by atoms with E-state index in [9.17, 15) is 4.79 Å². The summed E-state index contributed by atoms with van der Waals surface area (Å²) in [6, 6.07) is 5.59. The Morgan fingerprint density at radius 1 is 1.47 bits per heavy atom. The maximum atomic E-state index is 12.5. The van der Waals surface area contributed by atoms with Crippen LogP contribution in [0.1, 0.15) is 36.0 Å². The van der Waals surface area contributed by atoms with Crippen molar-refractivity contribution in [3.05, 3.63) is 33.3 Å². The normalized spacial score (nSPS) is 15.1. The molecule has 1 aliphatic carbocycles. The van der Waals surface area contributed by atoms with Crippen molar-refractivity contribution in [1.29, 1.82) is 0 Å². The second-order valence-corrected chi connectivity index (χ2v) is 6.05. The fraction of sp³-hybridized carbons (Fsp3) is 0.500. The minimum absolute atomic E-state index is 0.00699. The monoisotopic (exact) mass is 345 g/mol. The molecule has 2 rings (SSSR count). The van der Waals surface area contributed by atoms with E-state index in [-0.39, 0.29) is 12.5 Å². The van der Waals surface area contributed by atoms with Gasteiger partial charge in [-0.1, -0.05) is 11.6 Å². The van der Waals surface area contributed by atoms with E-state index in [1.807, 2.05) is 4.90 Å². The second kappa shape index (κ2) is 6.73. The van der Waals surface area contributed by atoms with Crippen LogP contribution in [-0.4, -0.2) is 35.1 Å².